The van der Waals surface area contributed by atoms with Crippen LogP contribution in [0.4, 0.5) is 0 Å². The van der Waals surface area contributed by atoms with Gasteiger partial charge in [-0.3, -0.25) is 0 Å². The van der Waals surface area contributed by atoms with Crippen molar-refractivity contribution in [1.29, 1.82) is 0 Å². The van der Waals surface area contributed by atoms with E-state index in [4.69, 9.17) is 9.47 Å². The van der Waals surface area contributed by atoms with Gasteiger partial charge in [-0.25, -0.2) is 0 Å². The van der Waals surface area contributed by atoms with Crippen molar-refractivity contribution in [3.63, 3.8) is 0 Å². The summed E-state index contributed by atoms with van der Waals surface area (Å²) < 4.78 is 13.0. The Hall–Kier alpha value is -0.0800. The molecule has 0 amide bonds. The van der Waals surface area contributed by atoms with Crippen LogP contribution in [-0.2, 0) is 9.47 Å². The maximum Gasteiger partial charge on any atom is 0.163 e. The lowest BCUT2D eigenvalue weighted by Crippen LogP contribution is -2.70. The molecule has 5 aliphatic rings. The van der Waals surface area contributed by atoms with Crippen molar-refractivity contribution >= 4 is 0 Å². The molecule has 5 fully saturated rings. The molecule has 6 atom stereocenters. The average Bonchev–Trinajstić information content (AvgIpc) is 2.83. The largest absolute Gasteiger partial charge is 0.344 e. The second-order valence-corrected chi connectivity index (χ2v) is 9.26. The molecule has 20 heavy (non-hydrogen) atoms. The van der Waals surface area contributed by atoms with Crippen LogP contribution in [0.1, 0.15) is 67.2 Å². The van der Waals surface area contributed by atoms with Crippen LogP contribution >= 0.6 is 0 Å². The van der Waals surface area contributed by atoms with Gasteiger partial charge in [0.2, 0.25) is 0 Å². The van der Waals surface area contributed by atoms with Crippen molar-refractivity contribution in [3.05, 3.63) is 0 Å². The molecule has 114 valence electrons. The van der Waals surface area contributed by atoms with Gasteiger partial charge in [-0.1, -0.05) is 27.7 Å². The van der Waals surface area contributed by atoms with Gasteiger partial charge in [0.05, 0.1) is 12.2 Å². The van der Waals surface area contributed by atoms with Crippen LogP contribution < -0.4 is 0 Å². The van der Waals surface area contributed by atoms with E-state index in [1.807, 2.05) is 0 Å². The standard InChI is InChI=1S/C18H30O2/c1-11-7-8-12-15(2,3)17(6)9-10-18(11,12)14-13(17)19-16(4,5)20-14/h11-14H,7-10H2,1-6H3/t11-,12?,13+,14-,17+,18-/m0/s1. The van der Waals surface area contributed by atoms with Gasteiger partial charge in [-0.2, -0.15) is 0 Å². The number of ether oxygens (including phenoxy) is 2. The van der Waals surface area contributed by atoms with E-state index >= 15 is 0 Å². The van der Waals surface area contributed by atoms with Gasteiger partial charge in [0.1, 0.15) is 0 Å². The highest BCUT2D eigenvalue weighted by Crippen LogP contribution is 2.76. The summed E-state index contributed by atoms with van der Waals surface area (Å²) in [5.74, 6) is 1.19. The van der Waals surface area contributed by atoms with Crippen molar-refractivity contribution < 1.29 is 9.47 Å². The summed E-state index contributed by atoms with van der Waals surface area (Å²) >= 11 is 0. The van der Waals surface area contributed by atoms with Crippen LogP contribution in [-0.4, -0.2) is 18.0 Å². The molecule has 0 aromatic carbocycles. The second kappa shape index (κ2) is 3.46. The molecule has 1 unspecified atom stereocenters. The van der Waals surface area contributed by atoms with E-state index in [9.17, 15) is 0 Å². The molecular formula is C18H30O2. The van der Waals surface area contributed by atoms with Crippen molar-refractivity contribution in [1.82, 2.24) is 0 Å². The number of hydrogen-bond acceptors (Lipinski definition) is 2. The Morgan fingerprint density at radius 2 is 1.50 bits per heavy atom. The summed E-state index contributed by atoms with van der Waals surface area (Å²) in [4.78, 5) is 0. The summed E-state index contributed by atoms with van der Waals surface area (Å²) in [6.07, 6.45) is 6.03. The fourth-order valence-electron chi connectivity index (χ4n) is 6.70. The summed E-state index contributed by atoms with van der Waals surface area (Å²) in [7, 11) is 0. The first-order chi connectivity index (χ1) is 9.15. The zero-order chi connectivity index (χ0) is 14.6. The number of rotatable bonds is 0. The molecule has 1 saturated heterocycles. The molecule has 1 aliphatic heterocycles. The van der Waals surface area contributed by atoms with Crippen LogP contribution in [0.25, 0.3) is 0 Å². The highest BCUT2D eigenvalue weighted by atomic mass is 16.8. The maximum atomic E-state index is 6.50. The molecule has 5 rings (SSSR count). The number of fused-ring (bicyclic) bond motifs is 1. The minimum absolute atomic E-state index is 0.266. The van der Waals surface area contributed by atoms with Gasteiger partial charge in [0.15, 0.2) is 5.79 Å². The zero-order valence-electron chi connectivity index (χ0n) is 14.0. The van der Waals surface area contributed by atoms with E-state index in [-0.39, 0.29) is 11.5 Å². The smallest absolute Gasteiger partial charge is 0.163 e. The third kappa shape index (κ3) is 1.22. The van der Waals surface area contributed by atoms with E-state index in [1.165, 1.54) is 25.7 Å². The molecule has 1 spiro atoms. The van der Waals surface area contributed by atoms with E-state index in [1.54, 1.807) is 0 Å². The van der Waals surface area contributed by atoms with Crippen LogP contribution in [0.5, 0.6) is 0 Å². The zero-order valence-corrected chi connectivity index (χ0v) is 14.0. The van der Waals surface area contributed by atoms with Crippen molar-refractivity contribution in [2.45, 2.75) is 85.2 Å². The SMILES string of the molecule is C[C@H]1CCC2C(C)(C)[C@]3(C)CC[C@@]21[C@H]1OC(C)(C)O[C@H]13. The van der Waals surface area contributed by atoms with Crippen molar-refractivity contribution in [2.75, 3.05) is 0 Å². The lowest BCUT2D eigenvalue weighted by Gasteiger charge is -2.68. The highest BCUT2D eigenvalue weighted by Gasteiger charge is 2.76. The van der Waals surface area contributed by atoms with Gasteiger partial charge in [-0.15, -0.1) is 0 Å². The van der Waals surface area contributed by atoms with Crippen LogP contribution in [0.3, 0.4) is 0 Å². The first-order valence-corrected chi connectivity index (χ1v) is 8.51. The highest BCUT2D eigenvalue weighted by molar-refractivity contribution is 5.23. The van der Waals surface area contributed by atoms with Crippen molar-refractivity contribution in [2.24, 2.45) is 28.1 Å². The minimum atomic E-state index is -0.402. The fourth-order valence-corrected chi connectivity index (χ4v) is 6.70. The average molecular weight is 278 g/mol. The molecule has 4 saturated carbocycles. The molecule has 0 radical (unpaired) electrons. The lowest BCUT2D eigenvalue weighted by atomic mass is 9.37. The van der Waals surface area contributed by atoms with Crippen LogP contribution in [0.2, 0.25) is 0 Å². The van der Waals surface area contributed by atoms with E-state index < -0.39 is 5.79 Å². The quantitative estimate of drug-likeness (QED) is 0.654. The molecule has 0 aromatic rings. The van der Waals surface area contributed by atoms with E-state index in [0.717, 1.165) is 11.8 Å². The molecular weight excluding hydrogens is 248 g/mol. The van der Waals surface area contributed by atoms with Crippen molar-refractivity contribution in [3.8, 4) is 0 Å². The predicted octanol–water partition coefficient (Wildman–Crippen LogP) is 4.38. The lowest BCUT2D eigenvalue weighted by molar-refractivity contribution is -0.245. The summed E-state index contributed by atoms with van der Waals surface area (Å²) in [6.45, 7) is 14.2. The summed E-state index contributed by atoms with van der Waals surface area (Å²) in [5, 5.41) is 0. The van der Waals surface area contributed by atoms with Gasteiger partial charge in [0.25, 0.3) is 0 Å². The Kier molecular flexibility index (Phi) is 2.35. The Labute approximate surface area is 123 Å². The first-order valence-electron chi connectivity index (χ1n) is 8.51. The Bertz CT molecular complexity index is 454. The first kappa shape index (κ1) is 13.6. The molecule has 2 nitrogen and oxygen atoms in total. The second-order valence-electron chi connectivity index (χ2n) is 9.26. The molecule has 1 heterocycles. The molecule has 2 heteroatoms. The van der Waals surface area contributed by atoms with Gasteiger partial charge < -0.3 is 9.47 Å². The monoisotopic (exact) mass is 278 g/mol. The Balaban J connectivity index is 1.90. The van der Waals surface area contributed by atoms with Gasteiger partial charge >= 0.3 is 0 Å². The Morgan fingerprint density at radius 1 is 0.850 bits per heavy atom. The topological polar surface area (TPSA) is 18.5 Å². The van der Waals surface area contributed by atoms with E-state index in [2.05, 4.69) is 41.5 Å². The predicted molar refractivity (Wildman–Crippen MR) is 79.3 cm³/mol. The molecule has 0 N–H and O–H groups in total. The van der Waals surface area contributed by atoms with Crippen LogP contribution in [0.15, 0.2) is 0 Å². The molecule has 4 aliphatic carbocycles. The molecule has 0 aromatic heterocycles. The molecule has 2 bridgehead atoms. The van der Waals surface area contributed by atoms with Gasteiger partial charge in [-0.05, 0) is 56.8 Å². The Morgan fingerprint density at radius 3 is 2.20 bits per heavy atom. The van der Waals surface area contributed by atoms with Crippen LogP contribution in [0, 0.1) is 28.1 Å². The summed E-state index contributed by atoms with van der Waals surface area (Å²) in [5.41, 5.74) is 1.00. The normalized spacial score (nSPS) is 58.5. The third-order valence-electron chi connectivity index (χ3n) is 8.13. The van der Waals surface area contributed by atoms with E-state index in [0.29, 0.717) is 16.9 Å². The maximum absolute atomic E-state index is 6.50. The minimum Gasteiger partial charge on any atom is -0.344 e. The summed E-state index contributed by atoms with van der Waals surface area (Å²) in [6, 6.07) is 0. The fraction of sp³-hybridized carbons (Fsp3) is 1.00. The van der Waals surface area contributed by atoms with Gasteiger partial charge in [0, 0.05) is 10.8 Å². The number of hydrogen-bond donors (Lipinski definition) is 0. The third-order valence-corrected chi connectivity index (χ3v) is 8.13.